The summed E-state index contributed by atoms with van der Waals surface area (Å²) in [4.78, 5) is -0.216. The van der Waals surface area contributed by atoms with Crippen molar-refractivity contribution in [2.75, 3.05) is 4.72 Å². The van der Waals surface area contributed by atoms with Gasteiger partial charge in [-0.3, -0.25) is 14.1 Å². The van der Waals surface area contributed by atoms with Gasteiger partial charge in [0.25, 0.3) is 10.0 Å². The molecule has 1 aromatic carbocycles. The summed E-state index contributed by atoms with van der Waals surface area (Å²) in [6, 6.07) is 5.84. The Morgan fingerprint density at radius 1 is 1.07 bits per heavy atom. The number of halogens is 3. The Morgan fingerprint density at radius 2 is 1.83 bits per heavy atom. The number of alkyl halides is 3. The highest BCUT2D eigenvalue weighted by Crippen LogP contribution is 2.29. The number of benzene rings is 1. The monoisotopic (exact) mass is 425 g/mol. The molecule has 29 heavy (non-hydrogen) atoms. The topological polar surface area (TPSA) is 99.6 Å². The molecular weight excluding hydrogens is 411 g/mol. The van der Waals surface area contributed by atoms with Crippen LogP contribution in [0, 0.1) is 0 Å². The van der Waals surface area contributed by atoms with Gasteiger partial charge in [-0.25, -0.2) is 13.1 Å². The number of sulfonamides is 1. The smallest absolute Gasteiger partial charge is 0.277 e. The summed E-state index contributed by atoms with van der Waals surface area (Å²) >= 11 is 0. The first-order valence-electron chi connectivity index (χ1n) is 8.16. The van der Waals surface area contributed by atoms with E-state index in [1.54, 1.807) is 31.4 Å². The molecule has 0 aliphatic carbocycles. The van der Waals surface area contributed by atoms with Crippen LogP contribution in [0.3, 0.4) is 0 Å². The molecule has 0 radical (unpaired) electrons. The Kier molecular flexibility index (Phi) is 4.15. The maximum absolute atomic E-state index is 12.8. The summed E-state index contributed by atoms with van der Waals surface area (Å²) in [6.45, 7) is 0. The molecule has 0 atom stereocenters. The maximum atomic E-state index is 12.8. The van der Waals surface area contributed by atoms with E-state index in [0.29, 0.717) is 11.2 Å². The van der Waals surface area contributed by atoms with Crippen LogP contribution in [0.25, 0.3) is 16.7 Å². The average Bonchev–Trinajstić information content (AvgIpc) is 3.33. The highest BCUT2D eigenvalue weighted by atomic mass is 32.2. The molecule has 4 rings (SSSR count). The molecule has 0 bridgehead atoms. The lowest BCUT2D eigenvalue weighted by molar-refractivity contribution is -0.141. The molecule has 13 heteroatoms. The molecule has 0 fully saturated rings. The van der Waals surface area contributed by atoms with E-state index in [-0.39, 0.29) is 10.7 Å². The number of rotatable bonds is 4. The number of hydrogen-bond donors (Lipinski definition) is 1. The number of nitrogens with zero attached hydrogens (tertiary/aromatic N) is 6. The second-order valence-corrected chi connectivity index (χ2v) is 7.93. The molecular formula is C16H14F3N7O2S. The lowest BCUT2D eigenvalue weighted by Gasteiger charge is -2.08. The summed E-state index contributed by atoms with van der Waals surface area (Å²) in [5.74, 6) is -0.0347. The SMILES string of the molecule is Cn1nc(C(F)(F)F)cc1-n1cc(S(=O)(=O)Nc2cccc3cnn(C)c23)cn1. The van der Waals surface area contributed by atoms with Crippen LogP contribution in [-0.4, -0.2) is 37.8 Å². The maximum Gasteiger partial charge on any atom is 0.435 e. The van der Waals surface area contributed by atoms with Crippen LogP contribution in [-0.2, 0) is 30.3 Å². The van der Waals surface area contributed by atoms with Crippen LogP contribution in [0.15, 0.2) is 47.8 Å². The summed E-state index contributed by atoms with van der Waals surface area (Å²) in [7, 11) is -1.06. The van der Waals surface area contributed by atoms with Gasteiger partial charge in [0, 0.05) is 25.5 Å². The molecule has 152 valence electrons. The van der Waals surface area contributed by atoms with Crippen molar-refractivity contribution in [2.45, 2.75) is 11.1 Å². The third-order valence-corrected chi connectivity index (χ3v) is 5.57. The zero-order valence-electron chi connectivity index (χ0n) is 15.1. The van der Waals surface area contributed by atoms with Gasteiger partial charge in [-0.1, -0.05) is 12.1 Å². The molecule has 0 spiro atoms. The van der Waals surface area contributed by atoms with Gasteiger partial charge in [0.05, 0.1) is 29.8 Å². The van der Waals surface area contributed by atoms with E-state index in [4.69, 9.17) is 0 Å². The number of nitrogens with one attached hydrogen (secondary N) is 1. The quantitative estimate of drug-likeness (QED) is 0.541. The van der Waals surface area contributed by atoms with E-state index >= 15 is 0 Å². The molecule has 0 saturated carbocycles. The van der Waals surface area contributed by atoms with Crippen molar-refractivity contribution >= 4 is 26.6 Å². The first kappa shape index (κ1) is 19.0. The lowest BCUT2D eigenvalue weighted by atomic mass is 10.2. The first-order chi connectivity index (χ1) is 13.6. The summed E-state index contributed by atoms with van der Waals surface area (Å²) in [5, 5.41) is 12.1. The van der Waals surface area contributed by atoms with Crippen LogP contribution in [0.2, 0.25) is 0 Å². The fourth-order valence-electron chi connectivity index (χ4n) is 2.90. The van der Waals surface area contributed by atoms with E-state index in [1.807, 2.05) is 0 Å². The van der Waals surface area contributed by atoms with Crippen LogP contribution >= 0.6 is 0 Å². The number of fused-ring (bicyclic) bond motifs is 1. The van der Waals surface area contributed by atoms with Gasteiger partial charge in [-0.15, -0.1) is 0 Å². The van der Waals surface area contributed by atoms with Crippen molar-refractivity contribution in [3.05, 3.63) is 48.5 Å². The van der Waals surface area contributed by atoms with Crippen molar-refractivity contribution in [2.24, 2.45) is 14.1 Å². The van der Waals surface area contributed by atoms with Crippen molar-refractivity contribution in [3.8, 4) is 5.82 Å². The Labute approximate surface area is 162 Å². The largest absolute Gasteiger partial charge is 0.435 e. The Morgan fingerprint density at radius 3 is 2.52 bits per heavy atom. The predicted octanol–water partition coefficient (Wildman–Crippen LogP) is 2.31. The summed E-state index contributed by atoms with van der Waals surface area (Å²) in [6.07, 6.45) is -0.859. The Balaban J connectivity index is 1.69. The average molecular weight is 425 g/mol. The third kappa shape index (κ3) is 3.33. The van der Waals surface area contributed by atoms with Crippen molar-refractivity contribution in [3.63, 3.8) is 0 Å². The van der Waals surface area contributed by atoms with Crippen LogP contribution in [0.4, 0.5) is 18.9 Å². The molecule has 0 saturated heterocycles. The van der Waals surface area contributed by atoms with Gasteiger partial charge in [-0.2, -0.15) is 28.5 Å². The number of hydrogen-bond acceptors (Lipinski definition) is 5. The third-order valence-electron chi connectivity index (χ3n) is 4.25. The van der Waals surface area contributed by atoms with Crippen LogP contribution in [0.1, 0.15) is 5.69 Å². The summed E-state index contributed by atoms with van der Waals surface area (Å²) < 4.78 is 70.1. The van der Waals surface area contributed by atoms with E-state index in [9.17, 15) is 21.6 Å². The fraction of sp³-hybridized carbons (Fsp3) is 0.188. The van der Waals surface area contributed by atoms with E-state index in [2.05, 4.69) is 20.0 Å². The second kappa shape index (κ2) is 6.34. The van der Waals surface area contributed by atoms with Crippen LogP contribution < -0.4 is 4.72 Å². The van der Waals surface area contributed by atoms with Gasteiger partial charge in [0.15, 0.2) is 11.5 Å². The molecule has 0 aliphatic heterocycles. The highest BCUT2D eigenvalue weighted by Gasteiger charge is 2.35. The van der Waals surface area contributed by atoms with Gasteiger partial charge < -0.3 is 0 Å². The van der Waals surface area contributed by atoms with Gasteiger partial charge in [0.1, 0.15) is 4.90 Å². The van der Waals surface area contributed by atoms with E-state index in [1.165, 1.54) is 11.7 Å². The van der Waals surface area contributed by atoms with Gasteiger partial charge in [-0.05, 0) is 6.07 Å². The molecule has 3 heterocycles. The van der Waals surface area contributed by atoms with Gasteiger partial charge >= 0.3 is 6.18 Å². The highest BCUT2D eigenvalue weighted by molar-refractivity contribution is 7.92. The normalized spacial score (nSPS) is 12.6. The number of aromatic nitrogens is 6. The Hall–Kier alpha value is -3.35. The fourth-order valence-corrected chi connectivity index (χ4v) is 3.90. The zero-order valence-corrected chi connectivity index (χ0v) is 15.9. The number of anilines is 1. The van der Waals surface area contributed by atoms with Gasteiger partial charge in [0.2, 0.25) is 0 Å². The zero-order chi connectivity index (χ0) is 21.0. The molecule has 9 nitrogen and oxygen atoms in total. The van der Waals surface area contributed by atoms with E-state index < -0.39 is 21.9 Å². The minimum absolute atomic E-state index is 0.0347. The molecule has 1 N–H and O–H groups in total. The molecule has 3 aromatic heterocycles. The lowest BCUT2D eigenvalue weighted by Crippen LogP contribution is -2.13. The minimum Gasteiger partial charge on any atom is -0.277 e. The minimum atomic E-state index is -4.62. The predicted molar refractivity (Wildman–Crippen MR) is 96.9 cm³/mol. The van der Waals surface area contributed by atoms with Crippen molar-refractivity contribution in [1.29, 1.82) is 0 Å². The first-order valence-corrected chi connectivity index (χ1v) is 9.64. The second-order valence-electron chi connectivity index (χ2n) is 6.25. The van der Waals surface area contributed by atoms with Crippen molar-refractivity contribution < 1.29 is 21.6 Å². The van der Waals surface area contributed by atoms with E-state index in [0.717, 1.165) is 33.2 Å². The van der Waals surface area contributed by atoms with Crippen molar-refractivity contribution in [1.82, 2.24) is 29.3 Å². The molecule has 0 amide bonds. The standard InChI is InChI=1S/C16H14F3N7O2S/c1-24-14(6-13(22-24)16(17,18)19)26-9-11(8-21-26)29(27,28)23-12-5-3-4-10-7-20-25(2)15(10)12/h3-9,23H,1-2H3. The number of aryl methyl sites for hydroxylation is 2. The number of para-hydroxylation sites is 1. The van der Waals surface area contributed by atoms with Crippen LogP contribution in [0.5, 0.6) is 0 Å². The molecule has 0 unspecified atom stereocenters. The summed E-state index contributed by atoms with van der Waals surface area (Å²) in [5.41, 5.74) is -0.198. The molecule has 0 aliphatic rings. The molecule has 4 aromatic rings. The Bertz CT molecular complexity index is 1320.